The van der Waals surface area contributed by atoms with Crippen molar-refractivity contribution in [3.8, 4) is 5.88 Å². The van der Waals surface area contributed by atoms with Crippen LogP contribution >= 0.6 is 0 Å². The zero-order valence-corrected chi connectivity index (χ0v) is 13.2. The molecule has 1 atom stereocenters. The van der Waals surface area contributed by atoms with Crippen molar-refractivity contribution in [1.29, 1.82) is 0 Å². The van der Waals surface area contributed by atoms with Gasteiger partial charge in [0.1, 0.15) is 5.82 Å². The van der Waals surface area contributed by atoms with Gasteiger partial charge in [0.25, 0.3) is 0 Å². The number of ether oxygens (including phenoxy) is 1. The smallest absolute Gasteiger partial charge is 0.225 e. The minimum atomic E-state index is -0.0446. The van der Waals surface area contributed by atoms with Gasteiger partial charge in [0, 0.05) is 24.6 Å². The van der Waals surface area contributed by atoms with Crippen LogP contribution < -0.4 is 15.4 Å². The molecule has 118 valence electrons. The third kappa shape index (κ3) is 3.75. The zero-order valence-electron chi connectivity index (χ0n) is 13.2. The average Bonchev–Trinajstić information content (AvgIpc) is 2.46. The van der Waals surface area contributed by atoms with Crippen molar-refractivity contribution in [2.24, 2.45) is 5.41 Å². The van der Waals surface area contributed by atoms with Crippen LogP contribution in [0.5, 0.6) is 5.88 Å². The molecule has 0 saturated carbocycles. The van der Waals surface area contributed by atoms with Crippen LogP contribution in [0.1, 0.15) is 40.0 Å². The fourth-order valence-electron chi connectivity index (χ4n) is 2.83. The molecule has 3 N–H and O–H groups in total. The van der Waals surface area contributed by atoms with Crippen LogP contribution in [-0.4, -0.2) is 40.9 Å². The van der Waals surface area contributed by atoms with Crippen LogP contribution in [0.3, 0.4) is 0 Å². The molecule has 0 spiro atoms. The van der Waals surface area contributed by atoms with Crippen LogP contribution in [0.2, 0.25) is 0 Å². The van der Waals surface area contributed by atoms with E-state index in [1.54, 1.807) is 0 Å². The summed E-state index contributed by atoms with van der Waals surface area (Å²) in [5.41, 5.74) is 5.75. The van der Waals surface area contributed by atoms with Crippen LogP contribution in [0.15, 0.2) is 6.07 Å². The van der Waals surface area contributed by atoms with E-state index in [9.17, 15) is 5.11 Å². The largest absolute Gasteiger partial charge is 0.475 e. The van der Waals surface area contributed by atoms with Crippen molar-refractivity contribution in [2.75, 3.05) is 30.3 Å². The van der Waals surface area contributed by atoms with Gasteiger partial charge in [0.05, 0.1) is 12.7 Å². The quantitative estimate of drug-likeness (QED) is 0.862. The van der Waals surface area contributed by atoms with Gasteiger partial charge in [-0.1, -0.05) is 6.92 Å². The molecule has 0 aromatic carbocycles. The van der Waals surface area contributed by atoms with E-state index in [1.807, 2.05) is 19.9 Å². The molecule has 0 radical (unpaired) electrons. The molecule has 1 aliphatic rings. The van der Waals surface area contributed by atoms with Crippen molar-refractivity contribution in [1.82, 2.24) is 9.97 Å². The summed E-state index contributed by atoms with van der Waals surface area (Å²) in [4.78, 5) is 10.6. The average molecular weight is 294 g/mol. The molecule has 1 aliphatic heterocycles. The molecule has 6 heteroatoms. The number of hydrogen-bond acceptors (Lipinski definition) is 6. The summed E-state index contributed by atoms with van der Waals surface area (Å²) in [5, 5.41) is 9.73. The summed E-state index contributed by atoms with van der Waals surface area (Å²) in [6.45, 7) is 7.94. The van der Waals surface area contributed by atoms with Crippen LogP contribution in [0.4, 0.5) is 11.8 Å². The first-order valence-corrected chi connectivity index (χ1v) is 7.65. The summed E-state index contributed by atoms with van der Waals surface area (Å²) < 4.78 is 5.62. The first kappa shape index (κ1) is 15.8. The molecule has 1 saturated heterocycles. The number of aliphatic hydroxyl groups excluding tert-OH is 1. The molecule has 1 unspecified atom stereocenters. The van der Waals surface area contributed by atoms with Crippen molar-refractivity contribution < 1.29 is 9.84 Å². The molecule has 0 bridgehead atoms. The monoisotopic (exact) mass is 294 g/mol. The van der Waals surface area contributed by atoms with E-state index in [0.717, 1.165) is 38.2 Å². The Kier molecular flexibility index (Phi) is 4.88. The lowest BCUT2D eigenvalue weighted by Crippen LogP contribution is -2.45. The van der Waals surface area contributed by atoms with Crippen molar-refractivity contribution in [2.45, 2.75) is 46.1 Å². The third-order valence-electron chi connectivity index (χ3n) is 4.13. The van der Waals surface area contributed by atoms with Gasteiger partial charge in [-0.3, -0.25) is 0 Å². The first-order chi connectivity index (χ1) is 9.98. The number of nitrogens with zero attached hydrogens (tertiary/aromatic N) is 3. The van der Waals surface area contributed by atoms with Crippen LogP contribution in [-0.2, 0) is 0 Å². The maximum Gasteiger partial charge on any atom is 0.225 e. The summed E-state index contributed by atoms with van der Waals surface area (Å²) in [5.74, 6) is 1.51. The number of aliphatic hydroxyl groups is 1. The fraction of sp³-hybridized carbons (Fsp3) is 0.733. The van der Waals surface area contributed by atoms with E-state index in [0.29, 0.717) is 5.88 Å². The zero-order chi connectivity index (χ0) is 15.5. The molecular weight excluding hydrogens is 268 g/mol. The highest BCUT2D eigenvalue weighted by molar-refractivity contribution is 5.46. The molecule has 2 rings (SSSR count). The standard InChI is InChI=1S/C15H26N4O2/c1-4-15(10-20)6-5-7-19(9-15)12-8-13(21-11(2)3)18-14(16)17-12/h8,11,20H,4-7,9-10H2,1-3H3,(H2,16,17,18). The lowest BCUT2D eigenvalue weighted by atomic mass is 9.78. The Balaban J connectivity index is 2.22. The summed E-state index contributed by atoms with van der Waals surface area (Å²) in [7, 11) is 0. The van der Waals surface area contributed by atoms with E-state index in [1.165, 1.54) is 0 Å². The van der Waals surface area contributed by atoms with E-state index in [2.05, 4.69) is 21.8 Å². The van der Waals surface area contributed by atoms with E-state index >= 15 is 0 Å². The fourth-order valence-corrected chi connectivity index (χ4v) is 2.83. The highest BCUT2D eigenvalue weighted by Gasteiger charge is 2.34. The summed E-state index contributed by atoms with van der Waals surface area (Å²) in [6.07, 6.45) is 3.08. The number of piperidine rings is 1. The number of aromatic nitrogens is 2. The Labute approximate surface area is 126 Å². The van der Waals surface area contributed by atoms with Gasteiger partial charge >= 0.3 is 0 Å². The number of hydrogen-bond donors (Lipinski definition) is 2. The number of rotatable bonds is 5. The van der Waals surface area contributed by atoms with Gasteiger partial charge in [-0.15, -0.1) is 0 Å². The van der Waals surface area contributed by atoms with Gasteiger partial charge in [-0.25, -0.2) is 0 Å². The SMILES string of the molecule is CCC1(CO)CCCN(c2cc(OC(C)C)nc(N)n2)C1. The van der Waals surface area contributed by atoms with Gasteiger partial charge in [0.15, 0.2) is 0 Å². The second-order valence-electron chi connectivity index (χ2n) is 6.13. The lowest BCUT2D eigenvalue weighted by Gasteiger charge is -2.42. The Hall–Kier alpha value is -1.56. The molecule has 0 amide bonds. The van der Waals surface area contributed by atoms with Crippen LogP contribution in [0.25, 0.3) is 0 Å². The van der Waals surface area contributed by atoms with Crippen molar-refractivity contribution in [3.05, 3.63) is 6.07 Å². The highest BCUT2D eigenvalue weighted by Crippen LogP contribution is 2.35. The summed E-state index contributed by atoms with van der Waals surface area (Å²) >= 11 is 0. The Morgan fingerprint density at radius 3 is 2.86 bits per heavy atom. The lowest BCUT2D eigenvalue weighted by molar-refractivity contribution is 0.101. The molecule has 1 aromatic rings. The normalized spacial score (nSPS) is 22.6. The molecule has 6 nitrogen and oxygen atoms in total. The highest BCUT2D eigenvalue weighted by atomic mass is 16.5. The molecule has 2 heterocycles. The van der Waals surface area contributed by atoms with Crippen molar-refractivity contribution >= 4 is 11.8 Å². The predicted molar refractivity (Wildman–Crippen MR) is 83.5 cm³/mol. The second kappa shape index (κ2) is 6.47. The van der Waals surface area contributed by atoms with E-state index < -0.39 is 0 Å². The molecule has 1 fully saturated rings. The topological polar surface area (TPSA) is 84.5 Å². The molecular formula is C15H26N4O2. The number of anilines is 2. The minimum Gasteiger partial charge on any atom is -0.475 e. The minimum absolute atomic E-state index is 0.0423. The van der Waals surface area contributed by atoms with Gasteiger partial charge in [-0.05, 0) is 33.1 Å². The van der Waals surface area contributed by atoms with Gasteiger partial charge in [0.2, 0.25) is 11.8 Å². The third-order valence-corrected chi connectivity index (χ3v) is 4.13. The Morgan fingerprint density at radius 1 is 1.48 bits per heavy atom. The maximum atomic E-state index is 9.73. The first-order valence-electron chi connectivity index (χ1n) is 7.65. The Morgan fingerprint density at radius 2 is 2.24 bits per heavy atom. The van der Waals surface area contributed by atoms with E-state index in [4.69, 9.17) is 10.5 Å². The van der Waals surface area contributed by atoms with Crippen molar-refractivity contribution in [3.63, 3.8) is 0 Å². The van der Waals surface area contributed by atoms with Gasteiger partial charge in [-0.2, -0.15) is 9.97 Å². The van der Waals surface area contributed by atoms with E-state index in [-0.39, 0.29) is 24.1 Å². The number of nitrogens with two attached hydrogens (primary N) is 1. The predicted octanol–water partition coefficient (Wildman–Crippen LogP) is 1.83. The molecule has 1 aromatic heterocycles. The molecule has 21 heavy (non-hydrogen) atoms. The summed E-state index contributed by atoms with van der Waals surface area (Å²) in [6, 6.07) is 1.83. The second-order valence-corrected chi connectivity index (χ2v) is 6.13. The maximum absolute atomic E-state index is 9.73. The van der Waals surface area contributed by atoms with Gasteiger partial charge < -0.3 is 20.5 Å². The Bertz CT molecular complexity index is 475. The number of nitrogen functional groups attached to an aromatic ring is 1. The molecule has 0 aliphatic carbocycles. The van der Waals surface area contributed by atoms with Crippen LogP contribution in [0, 0.1) is 5.41 Å².